The lowest BCUT2D eigenvalue weighted by molar-refractivity contribution is -0.131. The molecule has 1 unspecified atom stereocenters. The SMILES string of the molecule is CC(C(=O)c1cn(-c2ccccc2)c2ccc(C=CC(=O)O)cc12)c1ccccc1. The maximum absolute atomic E-state index is 13.5. The Kier molecular flexibility index (Phi) is 5.31. The topological polar surface area (TPSA) is 59.3 Å². The molecule has 0 aliphatic heterocycles. The number of aliphatic carboxylic acids is 1. The number of aromatic nitrogens is 1. The van der Waals surface area contributed by atoms with Crippen LogP contribution in [0.25, 0.3) is 22.7 Å². The molecule has 0 bridgehead atoms. The second-order valence-electron chi connectivity index (χ2n) is 7.19. The average molecular weight is 395 g/mol. The van der Waals surface area contributed by atoms with Gasteiger partial charge in [0, 0.05) is 34.8 Å². The first-order valence-electron chi connectivity index (χ1n) is 9.75. The molecule has 30 heavy (non-hydrogen) atoms. The number of carboxylic acids is 1. The van der Waals surface area contributed by atoms with Crippen LogP contribution in [0.2, 0.25) is 0 Å². The minimum atomic E-state index is -1.01. The molecule has 1 heterocycles. The summed E-state index contributed by atoms with van der Waals surface area (Å²) in [6, 6.07) is 25.2. The second kappa shape index (κ2) is 8.21. The molecule has 0 radical (unpaired) electrons. The van der Waals surface area contributed by atoms with Crippen LogP contribution in [0.3, 0.4) is 0 Å². The zero-order chi connectivity index (χ0) is 21.1. The summed E-state index contributed by atoms with van der Waals surface area (Å²) in [5.74, 6) is -1.27. The van der Waals surface area contributed by atoms with E-state index in [9.17, 15) is 9.59 Å². The van der Waals surface area contributed by atoms with Gasteiger partial charge >= 0.3 is 5.97 Å². The molecule has 1 N–H and O–H groups in total. The number of benzene rings is 3. The predicted octanol–water partition coefficient (Wildman–Crippen LogP) is 5.71. The minimum absolute atomic E-state index is 0.0280. The van der Waals surface area contributed by atoms with E-state index in [0.717, 1.165) is 33.8 Å². The number of carboxylic acid groups (broad SMARTS) is 1. The molecule has 148 valence electrons. The Morgan fingerprint density at radius 1 is 0.933 bits per heavy atom. The largest absolute Gasteiger partial charge is 0.478 e. The Hall–Kier alpha value is -3.92. The molecule has 4 heteroatoms. The van der Waals surface area contributed by atoms with Crippen LogP contribution in [-0.4, -0.2) is 21.4 Å². The first-order valence-corrected chi connectivity index (χ1v) is 9.75. The van der Waals surface area contributed by atoms with Gasteiger partial charge in [-0.05, 0) is 41.5 Å². The number of fused-ring (bicyclic) bond motifs is 1. The van der Waals surface area contributed by atoms with E-state index in [2.05, 4.69) is 0 Å². The summed E-state index contributed by atoms with van der Waals surface area (Å²) in [5.41, 5.74) is 4.18. The van der Waals surface area contributed by atoms with Gasteiger partial charge in [0.25, 0.3) is 0 Å². The fourth-order valence-electron chi connectivity index (χ4n) is 3.64. The number of Topliss-reactive ketones (excluding diaryl/α,β-unsaturated/α-hetero) is 1. The molecule has 4 rings (SSSR count). The third-order valence-electron chi connectivity index (χ3n) is 5.24. The van der Waals surface area contributed by atoms with Gasteiger partial charge in [0.1, 0.15) is 0 Å². The fourth-order valence-corrected chi connectivity index (χ4v) is 3.64. The van der Waals surface area contributed by atoms with Crippen molar-refractivity contribution in [2.45, 2.75) is 12.8 Å². The van der Waals surface area contributed by atoms with E-state index in [4.69, 9.17) is 5.11 Å². The van der Waals surface area contributed by atoms with Crippen LogP contribution in [0.1, 0.15) is 34.3 Å². The molecule has 0 aliphatic rings. The second-order valence-corrected chi connectivity index (χ2v) is 7.19. The van der Waals surface area contributed by atoms with Gasteiger partial charge in [-0.1, -0.05) is 61.5 Å². The van der Waals surface area contributed by atoms with Crippen molar-refractivity contribution in [2.75, 3.05) is 0 Å². The highest BCUT2D eigenvalue weighted by Gasteiger charge is 2.22. The number of carbonyl (C=O) groups excluding carboxylic acids is 1. The lowest BCUT2D eigenvalue weighted by Gasteiger charge is -2.10. The Labute approximate surface area is 174 Å². The number of carbonyl (C=O) groups is 2. The summed E-state index contributed by atoms with van der Waals surface area (Å²) in [7, 11) is 0. The fraction of sp³-hybridized carbons (Fsp3) is 0.0769. The Morgan fingerprint density at radius 2 is 1.60 bits per heavy atom. The van der Waals surface area contributed by atoms with Crippen molar-refractivity contribution < 1.29 is 14.7 Å². The van der Waals surface area contributed by atoms with E-state index in [1.807, 2.05) is 96.6 Å². The number of rotatable bonds is 6. The Morgan fingerprint density at radius 3 is 2.27 bits per heavy atom. The van der Waals surface area contributed by atoms with Crippen molar-refractivity contribution in [2.24, 2.45) is 0 Å². The smallest absolute Gasteiger partial charge is 0.328 e. The highest BCUT2D eigenvalue weighted by molar-refractivity contribution is 6.11. The molecule has 0 saturated carbocycles. The molecular weight excluding hydrogens is 374 g/mol. The molecule has 0 saturated heterocycles. The van der Waals surface area contributed by atoms with Crippen molar-refractivity contribution in [3.63, 3.8) is 0 Å². The Bertz CT molecular complexity index is 1240. The molecule has 0 spiro atoms. The summed E-state index contributed by atoms with van der Waals surface area (Å²) >= 11 is 0. The normalized spacial score (nSPS) is 12.3. The lowest BCUT2D eigenvalue weighted by Crippen LogP contribution is -2.09. The summed E-state index contributed by atoms with van der Waals surface area (Å²) in [4.78, 5) is 24.4. The van der Waals surface area contributed by atoms with Crippen LogP contribution in [0, 0.1) is 0 Å². The van der Waals surface area contributed by atoms with Gasteiger partial charge in [-0.2, -0.15) is 0 Å². The summed E-state index contributed by atoms with van der Waals surface area (Å²) in [6.07, 6.45) is 4.52. The number of hydrogen-bond acceptors (Lipinski definition) is 2. The van der Waals surface area contributed by atoms with E-state index >= 15 is 0 Å². The van der Waals surface area contributed by atoms with Crippen molar-refractivity contribution in [1.82, 2.24) is 4.57 Å². The number of nitrogens with zero attached hydrogens (tertiary/aromatic N) is 1. The first-order chi connectivity index (χ1) is 14.5. The zero-order valence-corrected chi connectivity index (χ0v) is 16.5. The highest BCUT2D eigenvalue weighted by atomic mass is 16.4. The van der Waals surface area contributed by atoms with Crippen molar-refractivity contribution >= 4 is 28.7 Å². The van der Waals surface area contributed by atoms with E-state index in [1.165, 1.54) is 6.08 Å². The average Bonchev–Trinajstić information content (AvgIpc) is 3.16. The monoisotopic (exact) mass is 395 g/mol. The summed E-state index contributed by atoms with van der Waals surface area (Å²) < 4.78 is 2.00. The van der Waals surface area contributed by atoms with Gasteiger partial charge in [-0.3, -0.25) is 4.79 Å². The Balaban J connectivity index is 1.87. The van der Waals surface area contributed by atoms with E-state index in [-0.39, 0.29) is 11.7 Å². The maximum Gasteiger partial charge on any atom is 0.328 e. The highest BCUT2D eigenvalue weighted by Crippen LogP contribution is 2.30. The van der Waals surface area contributed by atoms with E-state index in [0.29, 0.717) is 5.56 Å². The number of para-hydroxylation sites is 1. The zero-order valence-electron chi connectivity index (χ0n) is 16.5. The molecule has 0 fully saturated rings. The third-order valence-corrected chi connectivity index (χ3v) is 5.24. The molecule has 0 amide bonds. The molecule has 4 nitrogen and oxygen atoms in total. The predicted molar refractivity (Wildman–Crippen MR) is 119 cm³/mol. The van der Waals surface area contributed by atoms with Crippen LogP contribution in [0.5, 0.6) is 0 Å². The van der Waals surface area contributed by atoms with Crippen molar-refractivity contribution in [3.8, 4) is 5.69 Å². The van der Waals surface area contributed by atoms with E-state index < -0.39 is 5.97 Å². The summed E-state index contributed by atoms with van der Waals surface area (Å²) in [6.45, 7) is 1.91. The van der Waals surface area contributed by atoms with Crippen LogP contribution >= 0.6 is 0 Å². The minimum Gasteiger partial charge on any atom is -0.478 e. The van der Waals surface area contributed by atoms with E-state index in [1.54, 1.807) is 0 Å². The molecule has 4 aromatic rings. The molecule has 3 aromatic carbocycles. The quantitative estimate of drug-likeness (QED) is 0.336. The molecule has 1 atom stereocenters. The number of ketones is 1. The van der Waals surface area contributed by atoms with Crippen LogP contribution in [0.15, 0.2) is 91.1 Å². The molecule has 1 aromatic heterocycles. The van der Waals surface area contributed by atoms with Crippen LogP contribution < -0.4 is 0 Å². The van der Waals surface area contributed by atoms with Crippen molar-refractivity contribution in [3.05, 3.63) is 108 Å². The van der Waals surface area contributed by atoms with Gasteiger partial charge < -0.3 is 9.67 Å². The van der Waals surface area contributed by atoms with Gasteiger partial charge in [-0.25, -0.2) is 4.79 Å². The van der Waals surface area contributed by atoms with Gasteiger partial charge in [0.05, 0.1) is 5.52 Å². The summed E-state index contributed by atoms with van der Waals surface area (Å²) in [5, 5.41) is 9.74. The maximum atomic E-state index is 13.5. The van der Waals surface area contributed by atoms with Gasteiger partial charge in [0.2, 0.25) is 0 Å². The van der Waals surface area contributed by atoms with Crippen LogP contribution in [-0.2, 0) is 4.79 Å². The van der Waals surface area contributed by atoms with Gasteiger partial charge in [0.15, 0.2) is 5.78 Å². The molecule has 0 aliphatic carbocycles. The van der Waals surface area contributed by atoms with Crippen molar-refractivity contribution in [1.29, 1.82) is 0 Å². The van der Waals surface area contributed by atoms with Gasteiger partial charge in [-0.15, -0.1) is 0 Å². The van der Waals surface area contributed by atoms with Crippen LogP contribution in [0.4, 0.5) is 0 Å². The third kappa shape index (κ3) is 3.80. The first kappa shape index (κ1) is 19.4. The number of hydrogen-bond donors (Lipinski definition) is 1. The molecular formula is C26H21NO3. The standard InChI is InChI=1S/C26H21NO3/c1-18(20-8-4-2-5-9-20)26(30)23-17-27(21-10-6-3-7-11-21)24-14-12-19(16-22(23)24)13-15-25(28)29/h2-18H,1H3,(H,28,29). The lowest BCUT2D eigenvalue weighted by atomic mass is 9.92.